The summed E-state index contributed by atoms with van der Waals surface area (Å²) in [6.07, 6.45) is 1.33. The van der Waals surface area contributed by atoms with Crippen LogP contribution >= 0.6 is 11.8 Å². The number of carbonyl (C=O) groups excluding carboxylic acids is 2. The normalized spacial score (nSPS) is 12.8. The monoisotopic (exact) mass is 444 g/mol. The van der Waals surface area contributed by atoms with E-state index in [-0.39, 0.29) is 36.0 Å². The highest BCUT2D eigenvalue weighted by Gasteiger charge is 2.29. The smallest absolute Gasteiger partial charge is 0.243 e. The second kappa shape index (κ2) is 12.5. The number of aryl methyl sites for hydroxylation is 1. The summed E-state index contributed by atoms with van der Waals surface area (Å²) in [7, 11) is 0. The zero-order valence-corrected chi connectivity index (χ0v) is 19.7. The molecular formula is C25H33FN2O2S. The lowest BCUT2D eigenvalue weighted by molar-refractivity contribution is -0.139. The number of carbonyl (C=O) groups is 2. The Morgan fingerprint density at radius 3 is 2.19 bits per heavy atom. The lowest BCUT2D eigenvalue weighted by atomic mass is 10.1. The summed E-state index contributed by atoms with van der Waals surface area (Å²) in [5, 5.41) is 3.00. The van der Waals surface area contributed by atoms with Gasteiger partial charge in [-0.25, -0.2) is 4.39 Å². The maximum absolute atomic E-state index is 13.3. The van der Waals surface area contributed by atoms with Gasteiger partial charge >= 0.3 is 0 Å². The van der Waals surface area contributed by atoms with Gasteiger partial charge in [0.25, 0.3) is 0 Å². The average Bonchev–Trinajstić information content (AvgIpc) is 2.76. The molecule has 0 radical (unpaired) electrons. The fourth-order valence-corrected chi connectivity index (χ4v) is 4.04. The predicted octanol–water partition coefficient (Wildman–Crippen LogP) is 5.09. The van der Waals surface area contributed by atoms with Gasteiger partial charge in [-0.2, -0.15) is 0 Å². The number of thioether (sulfide) groups is 1. The maximum atomic E-state index is 13.3. The standard InChI is InChI=1S/C25H33FN2O2S/c1-5-19(4)27-25(30)23(6-2)28(15-20-11-13-22(26)14-12-20)24(29)17-31-16-21-9-7-18(3)8-10-21/h7-14,19,23H,5-6,15-17H2,1-4H3,(H,27,30). The van der Waals surface area contributed by atoms with Crippen molar-refractivity contribution in [3.63, 3.8) is 0 Å². The Bertz CT molecular complexity index is 840. The summed E-state index contributed by atoms with van der Waals surface area (Å²) in [5.74, 6) is 0.453. The van der Waals surface area contributed by atoms with Crippen LogP contribution in [0.15, 0.2) is 48.5 Å². The molecule has 4 nitrogen and oxygen atoms in total. The van der Waals surface area contributed by atoms with Gasteiger partial charge in [-0.1, -0.05) is 55.8 Å². The minimum Gasteiger partial charge on any atom is -0.352 e. The fraction of sp³-hybridized carbons (Fsp3) is 0.440. The van der Waals surface area contributed by atoms with Crippen molar-refractivity contribution < 1.29 is 14.0 Å². The molecule has 31 heavy (non-hydrogen) atoms. The number of benzene rings is 2. The molecule has 168 valence electrons. The first-order valence-corrected chi connectivity index (χ1v) is 12.0. The molecule has 0 spiro atoms. The maximum Gasteiger partial charge on any atom is 0.243 e. The molecule has 2 amide bonds. The molecule has 2 aromatic carbocycles. The lowest BCUT2D eigenvalue weighted by Gasteiger charge is -2.31. The molecule has 2 unspecified atom stereocenters. The first-order chi connectivity index (χ1) is 14.8. The minimum atomic E-state index is -0.563. The molecule has 1 N–H and O–H groups in total. The van der Waals surface area contributed by atoms with Crippen molar-refractivity contribution in [3.8, 4) is 0 Å². The van der Waals surface area contributed by atoms with Crippen LogP contribution in [-0.2, 0) is 21.9 Å². The third-order valence-corrected chi connectivity index (χ3v) is 6.26. The third-order valence-electron chi connectivity index (χ3n) is 5.27. The Morgan fingerprint density at radius 1 is 1.00 bits per heavy atom. The van der Waals surface area contributed by atoms with Crippen LogP contribution in [0, 0.1) is 12.7 Å². The van der Waals surface area contributed by atoms with E-state index in [0.29, 0.717) is 6.42 Å². The molecule has 0 aliphatic carbocycles. The zero-order chi connectivity index (χ0) is 22.8. The van der Waals surface area contributed by atoms with Crippen molar-refractivity contribution in [2.75, 3.05) is 5.75 Å². The van der Waals surface area contributed by atoms with Crippen LogP contribution in [0.4, 0.5) is 4.39 Å². The van der Waals surface area contributed by atoms with Crippen LogP contribution in [-0.4, -0.2) is 34.6 Å². The van der Waals surface area contributed by atoms with Crippen LogP contribution in [0.1, 0.15) is 50.3 Å². The van der Waals surface area contributed by atoms with Crippen LogP contribution in [0.2, 0.25) is 0 Å². The SMILES string of the molecule is CCC(C)NC(=O)C(CC)N(Cc1ccc(F)cc1)C(=O)CSCc1ccc(C)cc1. The van der Waals surface area contributed by atoms with Gasteiger partial charge in [-0.15, -0.1) is 11.8 Å². The highest BCUT2D eigenvalue weighted by Crippen LogP contribution is 2.18. The van der Waals surface area contributed by atoms with Crippen LogP contribution in [0.25, 0.3) is 0 Å². The summed E-state index contributed by atoms with van der Waals surface area (Å²) in [6.45, 7) is 8.19. The van der Waals surface area contributed by atoms with E-state index in [1.807, 2.05) is 27.7 Å². The van der Waals surface area contributed by atoms with Crippen molar-refractivity contribution in [1.29, 1.82) is 0 Å². The van der Waals surface area contributed by atoms with E-state index in [1.54, 1.807) is 17.0 Å². The second-order valence-corrected chi connectivity index (χ2v) is 8.85. The van der Waals surface area contributed by atoms with Gasteiger partial charge in [0.2, 0.25) is 11.8 Å². The van der Waals surface area contributed by atoms with E-state index in [9.17, 15) is 14.0 Å². The summed E-state index contributed by atoms with van der Waals surface area (Å²) in [4.78, 5) is 27.7. The molecule has 0 saturated carbocycles. The number of nitrogens with zero attached hydrogens (tertiary/aromatic N) is 1. The number of nitrogens with one attached hydrogen (secondary N) is 1. The van der Waals surface area contributed by atoms with Gasteiger partial charge in [-0.3, -0.25) is 9.59 Å². The number of hydrogen-bond acceptors (Lipinski definition) is 3. The number of halogens is 1. The first-order valence-electron chi connectivity index (χ1n) is 10.8. The summed E-state index contributed by atoms with van der Waals surface area (Å²) in [5.41, 5.74) is 3.16. The largest absolute Gasteiger partial charge is 0.352 e. The molecule has 0 aromatic heterocycles. The Balaban J connectivity index is 2.12. The number of hydrogen-bond donors (Lipinski definition) is 1. The van der Waals surface area contributed by atoms with Crippen LogP contribution in [0.3, 0.4) is 0 Å². The van der Waals surface area contributed by atoms with Crippen LogP contribution < -0.4 is 5.32 Å². The number of amides is 2. The van der Waals surface area contributed by atoms with Crippen LogP contribution in [0.5, 0.6) is 0 Å². The van der Waals surface area contributed by atoms with Gasteiger partial charge < -0.3 is 10.2 Å². The van der Waals surface area contributed by atoms with Crippen molar-refractivity contribution in [3.05, 3.63) is 71.0 Å². The van der Waals surface area contributed by atoms with E-state index in [4.69, 9.17) is 0 Å². The average molecular weight is 445 g/mol. The Labute approximate surface area is 189 Å². The minimum absolute atomic E-state index is 0.0419. The van der Waals surface area contributed by atoms with E-state index in [2.05, 4.69) is 29.6 Å². The molecule has 2 aromatic rings. The lowest BCUT2D eigenvalue weighted by Crippen LogP contribution is -2.51. The van der Waals surface area contributed by atoms with Gasteiger partial charge in [0.15, 0.2) is 0 Å². The first kappa shape index (κ1) is 24.9. The van der Waals surface area contributed by atoms with E-state index < -0.39 is 6.04 Å². The molecule has 6 heteroatoms. The topological polar surface area (TPSA) is 49.4 Å². The number of rotatable bonds is 11. The summed E-state index contributed by atoms with van der Waals surface area (Å²) >= 11 is 1.54. The molecule has 0 aliphatic heterocycles. The highest BCUT2D eigenvalue weighted by atomic mass is 32.2. The van der Waals surface area contributed by atoms with Gasteiger partial charge in [0.05, 0.1) is 5.75 Å². The summed E-state index contributed by atoms with van der Waals surface area (Å²) in [6, 6.07) is 13.8. The molecule has 2 atom stereocenters. The van der Waals surface area contributed by atoms with Crippen molar-refractivity contribution >= 4 is 23.6 Å². The quantitative estimate of drug-likeness (QED) is 0.525. The molecule has 0 bridgehead atoms. The fourth-order valence-electron chi connectivity index (χ4n) is 3.17. The second-order valence-electron chi connectivity index (χ2n) is 7.87. The summed E-state index contributed by atoms with van der Waals surface area (Å²) < 4.78 is 13.3. The van der Waals surface area contributed by atoms with Crippen molar-refractivity contribution in [2.45, 2.75) is 64.9 Å². The Morgan fingerprint density at radius 2 is 1.61 bits per heavy atom. The molecule has 0 fully saturated rings. The third kappa shape index (κ3) is 8.02. The molecule has 0 aliphatic rings. The Hall–Kier alpha value is -2.34. The molecule has 2 rings (SSSR count). The van der Waals surface area contributed by atoms with E-state index in [0.717, 1.165) is 23.3 Å². The molecule has 0 saturated heterocycles. The van der Waals surface area contributed by atoms with E-state index in [1.165, 1.54) is 29.5 Å². The molecular weight excluding hydrogens is 411 g/mol. The van der Waals surface area contributed by atoms with Crippen molar-refractivity contribution in [2.24, 2.45) is 0 Å². The Kier molecular flexibility index (Phi) is 10.0. The van der Waals surface area contributed by atoms with Crippen molar-refractivity contribution in [1.82, 2.24) is 10.2 Å². The molecule has 0 heterocycles. The highest BCUT2D eigenvalue weighted by molar-refractivity contribution is 7.99. The van der Waals surface area contributed by atoms with Gasteiger partial charge in [0.1, 0.15) is 11.9 Å². The zero-order valence-electron chi connectivity index (χ0n) is 18.9. The predicted molar refractivity (Wildman–Crippen MR) is 126 cm³/mol. The van der Waals surface area contributed by atoms with E-state index >= 15 is 0 Å². The van der Waals surface area contributed by atoms with Gasteiger partial charge in [-0.05, 0) is 49.9 Å². The van der Waals surface area contributed by atoms with Gasteiger partial charge in [0, 0.05) is 18.3 Å².